The molecule has 0 saturated carbocycles. The summed E-state index contributed by atoms with van der Waals surface area (Å²) in [6, 6.07) is 12.8. The van der Waals surface area contributed by atoms with Gasteiger partial charge < -0.3 is 10.1 Å². The number of rotatable bonds is 6. The van der Waals surface area contributed by atoms with E-state index in [1.165, 1.54) is 11.6 Å². The molecule has 2 aromatic carbocycles. The first-order valence-corrected chi connectivity index (χ1v) is 6.99. The lowest BCUT2D eigenvalue weighted by molar-refractivity contribution is 0.441. The van der Waals surface area contributed by atoms with Gasteiger partial charge in [0.15, 0.2) is 11.6 Å². The van der Waals surface area contributed by atoms with Crippen LogP contribution in [0, 0.1) is 5.82 Å². The van der Waals surface area contributed by atoms with E-state index in [-0.39, 0.29) is 11.6 Å². The zero-order valence-corrected chi connectivity index (χ0v) is 11.9. The minimum absolute atomic E-state index is 0.259. The Morgan fingerprint density at radius 3 is 2.30 bits per heavy atom. The zero-order valence-electron chi connectivity index (χ0n) is 11.9. The van der Waals surface area contributed by atoms with Crippen molar-refractivity contribution >= 4 is 0 Å². The molecule has 0 aliphatic rings. The molecule has 0 atom stereocenters. The molecule has 0 unspecified atom stereocenters. The van der Waals surface area contributed by atoms with Gasteiger partial charge in [-0.1, -0.05) is 32.0 Å². The van der Waals surface area contributed by atoms with E-state index in [0.717, 1.165) is 18.5 Å². The third kappa shape index (κ3) is 3.81. The molecule has 0 bridgehead atoms. The van der Waals surface area contributed by atoms with E-state index in [1.54, 1.807) is 6.07 Å². The predicted molar refractivity (Wildman–Crippen MR) is 79.7 cm³/mol. The van der Waals surface area contributed by atoms with Crippen LogP contribution in [0.3, 0.4) is 0 Å². The Bertz CT molecular complexity index is 551. The van der Waals surface area contributed by atoms with Crippen molar-refractivity contribution in [2.45, 2.75) is 26.8 Å². The second-order valence-corrected chi connectivity index (χ2v) is 4.64. The molecule has 2 rings (SSSR count). The van der Waals surface area contributed by atoms with Crippen LogP contribution >= 0.6 is 0 Å². The minimum atomic E-state index is -0.333. The molecule has 0 spiro atoms. The number of hydrogen-bond acceptors (Lipinski definition) is 2. The molecular formula is C17H20FNO. The molecule has 0 radical (unpaired) electrons. The highest BCUT2D eigenvalue weighted by Gasteiger charge is 2.06. The van der Waals surface area contributed by atoms with Crippen molar-refractivity contribution in [3.63, 3.8) is 0 Å². The van der Waals surface area contributed by atoms with Gasteiger partial charge in [0.1, 0.15) is 5.75 Å². The molecule has 20 heavy (non-hydrogen) atoms. The summed E-state index contributed by atoms with van der Waals surface area (Å²) in [6.07, 6.45) is 0.980. The minimum Gasteiger partial charge on any atom is -0.454 e. The van der Waals surface area contributed by atoms with Gasteiger partial charge in [0, 0.05) is 6.54 Å². The normalized spacial score (nSPS) is 10.6. The Morgan fingerprint density at radius 2 is 1.70 bits per heavy atom. The summed E-state index contributed by atoms with van der Waals surface area (Å²) >= 11 is 0. The lowest BCUT2D eigenvalue weighted by Gasteiger charge is -2.09. The van der Waals surface area contributed by atoms with E-state index in [2.05, 4.69) is 12.2 Å². The summed E-state index contributed by atoms with van der Waals surface area (Å²) < 4.78 is 19.5. The number of benzene rings is 2. The Kier molecular flexibility index (Phi) is 5.13. The van der Waals surface area contributed by atoms with Gasteiger partial charge >= 0.3 is 0 Å². The van der Waals surface area contributed by atoms with Gasteiger partial charge in [-0.25, -0.2) is 4.39 Å². The molecule has 106 valence electrons. The average molecular weight is 273 g/mol. The summed E-state index contributed by atoms with van der Waals surface area (Å²) in [5.74, 6) is 0.579. The van der Waals surface area contributed by atoms with Gasteiger partial charge in [-0.15, -0.1) is 0 Å². The van der Waals surface area contributed by atoms with Gasteiger partial charge in [0.05, 0.1) is 0 Å². The summed E-state index contributed by atoms with van der Waals surface area (Å²) in [5.41, 5.74) is 2.15. The number of aryl methyl sites for hydroxylation is 1. The molecule has 2 aromatic rings. The van der Waals surface area contributed by atoms with Crippen molar-refractivity contribution in [3.8, 4) is 11.5 Å². The van der Waals surface area contributed by atoms with Crippen LogP contribution in [-0.2, 0) is 13.0 Å². The maximum absolute atomic E-state index is 14.0. The number of ether oxygens (including phenoxy) is 1. The summed E-state index contributed by atoms with van der Waals surface area (Å²) in [5, 5.41) is 3.17. The smallest absolute Gasteiger partial charge is 0.166 e. The quantitative estimate of drug-likeness (QED) is 0.847. The second-order valence-electron chi connectivity index (χ2n) is 4.64. The molecule has 0 fully saturated rings. The monoisotopic (exact) mass is 273 g/mol. The van der Waals surface area contributed by atoms with Crippen LogP contribution in [0.25, 0.3) is 0 Å². The van der Waals surface area contributed by atoms with Gasteiger partial charge in [-0.05, 0) is 48.4 Å². The van der Waals surface area contributed by atoms with Crippen molar-refractivity contribution in [2.24, 2.45) is 0 Å². The lowest BCUT2D eigenvalue weighted by Crippen LogP contribution is -2.11. The Hall–Kier alpha value is -1.87. The van der Waals surface area contributed by atoms with Crippen molar-refractivity contribution in [2.75, 3.05) is 6.54 Å². The van der Waals surface area contributed by atoms with Crippen LogP contribution in [0.1, 0.15) is 25.0 Å². The number of hydrogen-bond donors (Lipinski definition) is 1. The van der Waals surface area contributed by atoms with E-state index in [0.29, 0.717) is 12.3 Å². The Morgan fingerprint density at radius 1 is 1.00 bits per heavy atom. The Labute approximate surface area is 119 Å². The maximum atomic E-state index is 14.0. The van der Waals surface area contributed by atoms with Crippen LogP contribution in [0.15, 0.2) is 42.5 Å². The van der Waals surface area contributed by atoms with E-state index in [4.69, 9.17) is 4.74 Å². The third-order valence-electron chi connectivity index (χ3n) is 3.13. The molecule has 0 amide bonds. The fourth-order valence-electron chi connectivity index (χ4n) is 1.93. The highest BCUT2D eigenvalue weighted by atomic mass is 19.1. The van der Waals surface area contributed by atoms with Gasteiger partial charge in [-0.2, -0.15) is 0 Å². The first-order chi connectivity index (χ1) is 9.72. The van der Waals surface area contributed by atoms with Gasteiger partial charge in [-0.3, -0.25) is 0 Å². The molecular weight excluding hydrogens is 253 g/mol. The summed E-state index contributed by atoms with van der Waals surface area (Å²) in [6.45, 7) is 5.65. The van der Waals surface area contributed by atoms with Gasteiger partial charge in [0.2, 0.25) is 0 Å². The van der Waals surface area contributed by atoms with Crippen molar-refractivity contribution < 1.29 is 9.13 Å². The summed E-state index contributed by atoms with van der Waals surface area (Å²) in [7, 11) is 0. The number of halogens is 1. The largest absolute Gasteiger partial charge is 0.454 e. The fraction of sp³-hybridized carbons (Fsp3) is 0.294. The topological polar surface area (TPSA) is 21.3 Å². The molecule has 1 N–H and O–H groups in total. The van der Waals surface area contributed by atoms with Crippen LogP contribution in [0.4, 0.5) is 4.39 Å². The van der Waals surface area contributed by atoms with Crippen LogP contribution in [0.5, 0.6) is 11.5 Å². The zero-order chi connectivity index (χ0) is 14.4. The highest BCUT2D eigenvalue weighted by Crippen LogP contribution is 2.25. The molecule has 0 aromatic heterocycles. The van der Waals surface area contributed by atoms with Crippen LogP contribution in [0.2, 0.25) is 0 Å². The molecule has 0 heterocycles. The Balaban J connectivity index is 2.08. The van der Waals surface area contributed by atoms with Crippen molar-refractivity contribution in [1.82, 2.24) is 5.32 Å². The lowest BCUT2D eigenvalue weighted by atomic mass is 10.2. The SMILES string of the molecule is CCNCc1ccc(Oc2ccc(CC)cc2)c(F)c1. The second kappa shape index (κ2) is 7.06. The van der Waals surface area contributed by atoms with Crippen molar-refractivity contribution in [1.29, 1.82) is 0 Å². The van der Waals surface area contributed by atoms with Crippen LogP contribution < -0.4 is 10.1 Å². The highest BCUT2D eigenvalue weighted by molar-refractivity contribution is 5.35. The molecule has 0 aliphatic heterocycles. The molecule has 0 saturated heterocycles. The standard InChI is InChI=1S/C17H20FNO/c1-3-13-5-8-15(9-6-13)20-17-10-7-14(11-16(17)18)12-19-4-2/h5-11,19H,3-4,12H2,1-2H3. The van der Waals surface area contributed by atoms with E-state index in [1.807, 2.05) is 37.3 Å². The van der Waals surface area contributed by atoms with Crippen molar-refractivity contribution in [3.05, 3.63) is 59.4 Å². The number of nitrogens with one attached hydrogen (secondary N) is 1. The summed E-state index contributed by atoms with van der Waals surface area (Å²) in [4.78, 5) is 0. The average Bonchev–Trinajstić information content (AvgIpc) is 2.48. The van der Waals surface area contributed by atoms with E-state index >= 15 is 0 Å². The molecule has 0 aliphatic carbocycles. The maximum Gasteiger partial charge on any atom is 0.166 e. The van der Waals surface area contributed by atoms with E-state index < -0.39 is 0 Å². The first-order valence-electron chi connectivity index (χ1n) is 6.99. The fourth-order valence-corrected chi connectivity index (χ4v) is 1.93. The van der Waals surface area contributed by atoms with Crippen LogP contribution in [-0.4, -0.2) is 6.54 Å². The molecule has 3 heteroatoms. The predicted octanol–water partition coefficient (Wildman–Crippen LogP) is 4.29. The van der Waals surface area contributed by atoms with Gasteiger partial charge in [0.25, 0.3) is 0 Å². The third-order valence-corrected chi connectivity index (χ3v) is 3.13. The molecule has 2 nitrogen and oxygen atoms in total. The van der Waals surface area contributed by atoms with E-state index in [9.17, 15) is 4.39 Å². The first kappa shape index (κ1) is 14.5.